The van der Waals surface area contributed by atoms with E-state index < -0.39 is 0 Å². The monoisotopic (exact) mass is 231 g/mol. The lowest BCUT2D eigenvalue weighted by Crippen LogP contribution is -1.98. The molecule has 1 aromatic carbocycles. The lowest BCUT2D eigenvalue weighted by atomic mass is 10.2. The Balaban J connectivity index is 0.000000148. The summed E-state index contributed by atoms with van der Waals surface area (Å²) in [6.07, 6.45) is 3.52. The van der Waals surface area contributed by atoms with Crippen LogP contribution in [-0.2, 0) is 0 Å². The molecule has 0 saturated heterocycles. The molecule has 2 aliphatic rings. The molecular weight excluding hydrogens is 218 g/mol. The van der Waals surface area contributed by atoms with Gasteiger partial charge in [-0.25, -0.2) is 0 Å². The highest BCUT2D eigenvalue weighted by atomic mass is 16.5. The fraction of sp³-hybridized carbons (Fsp3) is 0.167. The van der Waals surface area contributed by atoms with E-state index in [-0.39, 0.29) is 0 Å². The first-order valence-corrected chi connectivity index (χ1v) is 5.04. The Bertz CT molecular complexity index is 491. The molecule has 0 fully saturated rings. The number of nitrogen functional groups attached to an aromatic ring is 1. The molecule has 0 aromatic heterocycles. The molecule has 0 radical (unpaired) electrons. The number of fused-ring (bicyclic) bond motifs is 1. The van der Waals surface area contributed by atoms with Crippen molar-refractivity contribution in [3.05, 3.63) is 30.6 Å². The zero-order valence-corrected chi connectivity index (χ0v) is 9.68. The Morgan fingerprint density at radius 1 is 1.00 bits per heavy atom. The van der Waals surface area contributed by atoms with Crippen molar-refractivity contribution < 1.29 is 9.47 Å². The van der Waals surface area contributed by atoms with Crippen LogP contribution >= 0.6 is 0 Å². The van der Waals surface area contributed by atoms with Crippen molar-refractivity contribution in [2.75, 3.05) is 20.0 Å². The highest BCUT2D eigenvalue weighted by Gasteiger charge is 2.09. The summed E-state index contributed by atoms with van der Waals surface area (Å²) in [6, 6.07) is 5.29. The van der Waals surface area contributed by atoms with Crippen molar-refractivity contribution >= 4 is 5.69 Å². The summed E-state index contributed by atoms with van der Waals surface area (Å²) >= 11 is 0. The fourth-order valence-corrected chi connectivity index (χ4v) is 1.30. The Morgan fingerprint density at radius 2 is 1.65 bits per heavy atom. The van der Waals surface area contributed by atoms with E-state index in [0.29, 0.717) is 11.4 Å². The molecule has 88 valence electrons. The molecule has 5 heteroatoms. The average Bonchev–Trinajstić information content (AvgIpc) is 2.34. The van der Waals surface area contributed by atoms with Gasteiger partial charge in [0.05, 0.1) is 32.3 Å². The summed E-state index contributed by atoms with van der Waals surface area (Å²) in [5.41, 5.74) is 8.32. The molecule has 0 spiro atoms. The second-order valence-electron chi connectivity index (χ2n) is 3.39. The summed E-state index contributed by atoms with van der Waals surface area (Å²) in [7, 11) is 3.18. The zero-order chi connectivity index (χ0) is 12.3. The predicted octanol–water partition coefficient (Wildman–Crippen LogP) is 1.74. The Labute approximate surface area is 99.2 Å². The lowest BCUT2D eigenvalue weighted by molar-refractivity contribution is 0.405. The molecule has 3 rings (SSSR count). The number of anilines is 1. The largest absolute Gasteiger partial charge is 0.497 e. The molecular formula is C12H13N3O2. The van der Waals surface area contributed by atoms with Gasteiger partial charge in [-0.05, 0) is 12.1 Å². The Morgan fingerprint density at radius 3 is 1.94 bits per heavy atom. The van der Waals surface area contributed by atoms with Crippen LogP contribution in [0.15, 0.2) is 30.6 Å². The first-order chi connectivity index (χ1) is 8.24. The SMILES string of the molecule is COc1ccc(OC)c(N)c1.c1nc2cnc1-2. The van der Waals surface area contributed by atoms with E-state index in [2.05, 4.69) is 9.97 Å². The summed E-state index contributed by atoms with van der Waals surface area (Å²) in [5.74, 6) is 1.41. The van der Waals surface area contributed by atoms with Crippen molar-refractivity contribution in [1.29, 1.82) is 0 Å². The van der Waals surface area contributed by atoms with Crippen molar-refractivity contribution in [1.82, 2.24) is 9.97 Å². The molecule has 0 saturated carbocycles. The number of methoxy groups -OCH3 is 2. The number of nitrogens with zero attached hydrogens (tertiary/aromatic N) is 2. The maximum Gasteiger partial charge on any atom is 0.142 e. The van der Waals surface area contributed by atoms with Crippen LogP contribution in [0.4, 0.5) is 5.69 Å². The summed E-state index contributed by atoms with van der Waals surface area (Å²) in [4.78, 5) is 7.69. The van der Waals surface area contributed by atoms with Crippen LogP contribution in [-0.4, -0.2) is 24.2 Å². The number of hydrogen-bond donors (Lipinski definition) is 1. The second-order valence-corrected chi connectivity index (χ2v) is 3.39. The van der Waals surface area contributed by atoms with Crippen LogP contribution in [0.1, 0.15) is 0 Å². The van der Waals surface area contributed by atoms with Crippen LogP contribution in [0.5, 0.6) is 11.5 Å². The molecule has 2 aliphatic heterocycles. The standard InChI is InChI=1S/C8H11NO2.C4H2N2/c1-10-6-3-4-8(11-2)7(9)5-6;1-3-4(5-1)2-6-3/h3-5H,9H2,1-2H3;1-2H. The molecule has 2 heterocycles. The van der Waals surface area contributed by atoms with Crippen LogP contribution < -0.4 is 15.2 Å². The molecule has 0 aliphatic carbocycles. The molecule has 0 bridgehead atoms. The molecule has 17 heavy (non-hydrogen) atoms. The molecule has 1 aromatic rings. The predicted molar refractivity (Wildman–Crippen MR) is 65.0 cm³/mol. The van der Waals surface area contributed by atoms with Gasteiger partial charge in [0.25, 0.3) is 0 Å². The summed E-state index contributed by atoms with van der Waals surface area (Å²) in [6.45, 7) is 0. The van der Waals surface area contributed by atoms with Crippen LogP contribution in [0.3, 0.4) is 0 Å². The lowest BCUT2D eigenvalue weighted by Gasteiger charge is -2.06. The van der Waals surface area contributed by atoms with Crippen LogP contribution in [0.25, 0.3) is 11.4 Å². The van der Waals surface area contributed by atoms with E-state index in [1.165, 1.54) is 0 Å². The summed E-state index contributed by atoms with van der Waals surface area (Å²) in [5, 5.41) is 0. The molecule has 2 N–H and O–H groups in total. The van der Waals surface area contributed by atoms with Crippen molar-refractivity contribution in [2.24, 2.45) is 0 Å². The number of ether oxygens (including phenoxy) is 2. The van der Waals surface area contributed by atoms with Gasteiger partial charge in [0.15, 0.2) is 0 Å². The average molecular weight is 231 g/mol. The minimum Gasteiger partial charge on any atom is -0.497 e. The van der Waals surface area contributed by atoms with Gasteiger partial charge in [-0.2, -0.15) is 0 Å². The van der Waals surface area contributed by atoms with Crippen molar-refractivity contribution in [2.45, 2.75) is 0 Å². The third-order valence-electron chi connectivity index (χ3n) is 2.35. The zero-order valence-electron chi connectivity index (χ0n) is 9.68. The van der Waals surface area contributed by atoms with Gasteiger partial charge in [-0.3, -0.25) is 9.97 Å². The van der Waals surface area contributed by atoms with Gasteiger partial charge in [0, 0.05) is 6.07 Å². The van der Waals surface area contributed by atoms with Gasteiger partial charge in [0.1, 0.15) is 22.9 Å². The maximum absolute atomic E-state index is 5.60. The summed E-state index contributed by atoms with van der Waals surface area (Å²) < 4.78 is 9.92. The van der Waals surface area contributed by atoms with E-state index in [4.69, 9.17) is 15.2 Å². The quantitative estimate of drug-likeness (QED) is 0.680. The molecule has 0 atom stereocenters. The van der Waals surface area contributed by atoms with E-state index in [9.17, 15) is 0 Å². The molecule has 0 amide bonds. The second kappa shape index (κ2) is 4.69. The minimum absolute atomic E-state index is 0.590. The molecule has 0 unspecified atom stereocenters. The fourth-order valence-electron chi connectivity index (χ4n) is 1.30. The number of benzene rings is 1. The van der Waals surface area contributed by atoms with E-state index in [1.807, 2.05) is 0 Å². The highest BCUT2D eigenvalue weighted by molar-refractivity contribution is 5.60. The normalized spacial score (nSPS) is 10.0. The molecule has 5 nitrogen and oxygen atoms in total. The van der Waals surface area contributed by atoms with Gasteiger partial charge < -0.3 is 15.2 Å². The van der Waals surface area contributed by atoms with Crippen LogP contribution in [0.2, 0.25) is 0 Å². The van der Waals surface area contributed by atoms with E-state index in [0.717, 1.165) is 17.1 Å². The number of hydrogen-bond acceptors (Lipinski definition) is 5. The Hall–Kier alpha value is -2.30. The Kier molecular flexibility index (Phi) is 3.09. The van der Waals surface area contributed by atoms with E-state index >= 15 is 0 Å². The number of nitrogens with two attached hydrogens (primary N) is 1. The van der Waals surface area contributed by atoms with Gasteiger partial charge in [-0.15, -0.1) is 0 Å². The van der Waals surface area contributed by atoms with Gasteiger partial charge in [0.2, 0.25) is 0 Å². The third-order valence-corrected chi connectivity index (χ3v) is 2.35. The van der Waals surface area contributed by atoms with Crippen LogP contribution in [0, 0.1) is 0 Å². The van der Waals surface area contributed by atoms with E-state index in [1.54, 1.807) is 44.8 Å². The number of rotatable bonds is 2. The third kappa shape index (κ3) is 2.28. The van der Waals surface area contributed by atoms with Gasteiger partial charge >= 0.3 is 0 Å². The van der Waals surface area contributed by atoms with Gasteiger partial charge in [-0.1, -0.05) is 0 Å². The minimum atomic E-state index is 0.590. The topological polar surface area (TPSA) is 70.3 Å². The smallest absolute Gasteiger partial charge is 0.142 e. The van der Waals surface area contributed by atoms with Crippen molar-refractivity contribution in [3.63, 3.8) is 0 Å². The number of aromatic nitrogens is 2. The first-order valence-electron chi connectivity index (χ1n) is 5.04. The highest BCUT2D eigenvalue weighted by Crippen LogP contribution is 2.25. The van der Waals surface area contributed by atoms with Crippen molar-refractivity contribution in [3.8, 4) is 22.9 Å². The first kappa shape index (κ1) is 11.2. The maximum atomic E-state index is 5.60.